The first-order chi connectivity index (χ1) is 13.2. The molecule has 2 aromatic rings. The summed E-state index contributed by atoms with van der Waals surface area (Å²) in [6.07, 6.45) is 1.43. The zero-order valence-corrected chi connectivity index (χ0v) is 18.1. The predicted octanol–water partition coefficient (Wildman–Crippen LogP) is 5.38. The third-order valence-corrected chi connectivity index (χ3v) is 5.18. The van der Waals surface area contributed by atoms with Gasteiger partial charge in [0, 0.05) is 24.2 Å². The minimum atomic E-state index is -0.569. The molecule has 0 bridgehead atoms. The van der Waals surface area contributed by atoms with Crippen LogP contribution in [0.1, 0.15) is 30.9 Å². The third-order valence-electron chi connectivity index (χ3n) is 3.97. The predicted molar refractivity (Wildman–Crippen MR) is 109 cm³/mol. The molecule has 0 amide bonds. The average molecular weight is 513 g/mol. The van der Waals surface area contributed by atoms with Gasteiger partial charge >= 0.3 is 0 Å². The van der Waals surface area contributed by atoms with Gasteiger partial charge in [0.05, 0.1) is 13.9 Å². The molecular formula is C17H15Br2N5O4. The number of pyridine rings is 1. The SMILES string of the molecule is CCCCn1c(O)c(C#N)c(C)c(N=Nc2c(Br)cc([N+](=O)[O-])cc2Br)c1=O. The van der Waals surface area contributed by atoms with Gasteiger partial charge in [-0.25, -0.2) is 0 Å². The highest BCUT2D eigenvalue weighted by Crippen LogP contribution is 2.38. The Kier molecular flexibility index (Phi) is 7.04. The Labute approximate surface area is 176 Å². The Balaban J connectivity index is 2.62. The van der Waals surface area contributed by atoms with Crippen LogP contribution in [0, 0.1) is 28.4 Å². The van der Waals surface area contributed by atoms with Crippen LogP contribution in [0.2, 0.25) is 0 Å². The van der Waals surface area contributed by atoms with Crippen molar-refractivity contribution in [3.8, 4) is 11.9 Å². The Hall–Kier alpha value is -2.58. The molecule has 0 aliphatic rings. The monoisotopic (exact) mass is 511 g/mol. The number of aromatic nitrogens is 1. The molecule has 2 rings (SSSR count). The number of nitrogens with zero attached hydrogens (tertiary/aromatic N) is 5. The number of nitro groups is 1. The Morgan fingerprint density at radius 2 is 1.86 bits per heavy atom. The van der Waals surface area contributed by atoms with Gasteiger partial charge in [0.25, 0.3) is 11.2 Å². The lowest BCUT2D eigenvalue weighted by molar-refractivity contribution is -0.385. The van der Waals surface area contributed by atoms with E-state index in [-0.39, 0.29) is 34.7 Å². The Bertz CT molecular complexity index is 1050. The van der Waals surface area contributed by atoms with Gasteiger partial charge in [-0.1, -0.05) is 13.3 Å². The van der Waals surface area contributed by atoms with E-state index in [1.54, 1.807) is 0 Å². The van der Waals surface area contributed by atoms with Crippen molar-refractivity contribution >= 4 is 48.9 Å². The van der Waals surface area contributed by atoms with Crippen LogP contribution < -0.4 is 5.56 Å². The van der Waals surface area contributed by atoms with E-state index < -0.39 is 16.4 Å². The second kappa shape index (κ2) is 9.07. The number of nitriles is 1. The lowest BCUT2D eigenvalue weighted by Gasteiger charge is -2.12. The van der Waals surface area contributed by atoms with Gasteiger partial charge in [0.15, 0.2) is 5.69 Å². The molecule has 0 fully saturated rings. The minimum Gasteiger partial charge on any atom is -0.493 e. The fourth-order valence-electron chi connectivity index (χ4n) is 2.43. The quantitative estimate of drug-likeness (QED) is 0.315. The largest absolute Gasteiger partial charge is 0.493 e. The molecule has 1 aromatic carbocycles. The Morgan fingerprint density at radius 1 is 1.29 bits per heavy atom. The van der Waals surface area contributed by atoms with Gasteiger partial charge in [-0.05, 0) is 45.2 Å². The number of hydrogen-bond donors (Lipinski definition) is 1. The fraction of sp³-hybridized carbons (Fsp3) is 0.294. The van der Waals surface area contributed by atoms with E-state index in [9.17, 15) is 25.3 Å². The van der Waals surface area contributed by atoms with Crippen LogP contribution in [0.15, 0.2) is 36.1 Å². The van der Waals surface area contributed by atoms with Crippen LogP contribution in [-0.2, 0) is 6.54 Å². The van der Waals surface area contributed by atoms with E-state index in [0.717, 1.165) is 11.0 Å². The van der Waals surface area contributed by atoms with Crippen molar-refractivity contribution in [2.75, 3.05) is 0 Å². The van der Waals surface area contributed by atoms with Crippen LogP contribution in [0.4, 0.5) is 17.1 Å². The van der Waals surface area contributed by atoms with E-state index in [4.69, 9.17) is 0 Å². The molecule has 0 unspecified atom stereocenters. The van der Waals surface area contributed by atoms with E-state index in [2.05, 4.69) is 42.1 Å². The minimum absolute atomic E-state index is 0.0496. The smallest absolute Gasteiger partial charge is 0.281 e. The maximum Gasteiger partial charge on any atom is 0.281 e. The van der Waals surface area contributed by atoms with Crippen molar-refractivity contribution in [2.45, 2.75) is 33.2 Å². The first-order valence-electron chi connectivity index (χ1n) is 8.14. The maximum atomic E-state index is 12.7. The second-order valence-electron chi connectivity index (χ2n) is 5.81. The average Bonchev–Trinajstić information content (AvgIpc) is 2.63. The lowest BCUT2D eigenvalue weighted by Crippen LogP contribution is -2.22. The van der Waals surface area contributed by atoms with Gasteiger partial charge in [-0.15, -0.1) is 10.2 Å². The summed E-state index contributed by atoms with van der Waals surface area (Å²) in [6, 6.07) is 4.42. The van der Waals surface area contributed by atoms with E-state index in [1.807, 2.05) is 13.0 Å². The van der Waals surface area contributed by atoms with Crippen LogP contribution in [0.5, 0.6) is 5.88 Å². The van der Waals surface area contributed by atoms with E-state index >= 15 is 0 Å². The summed E-state index contributed by atoms with van der Waals surface area (Å²) in [5.74, 6) is -0.393. The number of nitro benzene ring substituents is 1. The molecule has 0 aliphatic carbocycles. The van der Waals surface area contributed by atoms with Gasteiger partial charge in [-0.3, -0.25) is 19.5 Å². The second-order valence-corrected chi connectivity index (χ2v) is 7.52. The number of aromatic hydroxyl groups is 1. The highest BCUT2D eigenvalue weighted by atomic mass is 79.9. The molecule has 28 heavy (non-hydrogen) atoms. The molecule has 146 valence electrons. The number of benzene rings is 1. The first-order valence-corrected chi connectivity index (χ1v) is 9.73. The van der Waals surface area contributed by atoms with Crippen molar-refractivity contribution in [3.63, 3.8) is 0 Å². The molecule has 0 saturated carbocycles. The summed E-state index contributed by atoms with van der Waals surface area (Å²) in [4.78, 5) is 23.1. The summed E-state index contributed by atoms with van der Waals surface area (Å²) >= 11 is 6.40. The molecule has 0 radical (unpaired) electrons. The summed E-state index contributed by atoms with van der Waals surface area (Å²) < 4.78 is 1.71. The highest BCUT2D eigenvalue weighted by Gasteiger charge is 2.19. The zero-order valence-electron chi connectivity index (χ0n) is 14.9. The summed E-state index contributed by atoms with van der Waals surface area (Å²) in [5, 5.41) is 38.5. The van der Waals surface area contributed by atoms with Crippen molar-refractivity contribution in [2.24, 2.45) is 10.2 Å². The number of unbranched alkanes of at least 4 members (excludes halogenated alkanes) is 1. The maximum absolute atomic E-state index is 12.7. The first kappa shape index (κ1) is 21.7. The summed E-state index contributed by atoms with van der Waals surface area (Å²) in [7, 11) is 0. The lowest BCUT2D eigenvalue weighted by atomic mass is 10.1. The van der Waals surface area contributed by atoms with Gasteiger partial charge in [0.1, 0.15) is 17.3 Å². The van der Waals surface area contributed by atoms with E-state index in [0.29, 0.717) is 15.4 Å². The third kappa shape index (κ3) is 4.28. The number of non-ortho nitro benzene ring substituents is 1. The molecule has 9 nitrogen and oxygen atoms in total. The van der Waals surface area contributed by atoms with Crippen molar-refractivity contribution in [3.05, 3.63) is 52.7 Å². The molecule has 1 N–H and O–H groups in total. The number of rotatable bonds is 6. The highest BCUT2D eigenvalue weighted by molar-refractivity contribution is 9.11. The van der Waals surface area contributed by atoms with Gasteiger partial charge < -0.3 is 5.11 Å². The molecule has 0 spiro atoms. The van der Waals surface area contributed by atoms with Crippen molar-refractivity contribution in [1.29, 1.82) is 5.26 Å². The van der Waals surface area contributed by atoms with Crippen molar-refractivity contribution < 1.29 is 10.0 Å². The van der Waals surface area contributed by atoms with Crippen LogP contribution in [0.25, 0.3) is 0 Å². The number of hydrogen-bond acceptors (Lipinski definition) is 7. The van der Waals surface area contributed by atoms with Crippen LogP contribution in [-0.4, -0.2) is 14.6 Å². The number of halogens is 2. The number of azo groups is 1. The normalized spacial score (nSPS) is 11.0. The fourth-order valence-corrected chi connectivity index (χ4v) is 3.75. The van der Waals surface area contributed by atoms with E-state index in [1.165, 1.54) is 19.1 Å². The summed E-state index contributed by atoms with van der Waals surface area (Å²) in [5.41, 5.74) is -0.395. The van der Waals surface area contributed by atoms with Gasteiger partial charge in [0.2, 0.25) is 5.88 Å². The molecule has 11 heteroatoms. The Morgan fingerprint density at radius 3 is 2.36 bits per heavy atom. The standard InChI is InChI=1S/C17H15Br2N5O4/c1-3-4-5-23-16(25)11(8-20)9(2)14(17(23)26)21-22-15-12(18)6-10(24(27)28)7-13(15)19/h6-7,25H,3-5H2,1-2H3. The molecule has 0 saturated heterocycles. The zero-order chi connectivity index (χ0) is 21.0. The van der Waals surface area contributed by atoms with Crippen LogP contribution in [0.3, 0.4) is 0 Å². The molecular weight excluding hydrogens is 498 g/mol. The molecule has 0 atom stereocenters. The molecule has 1 aromatic heterocycles. The molecule has 1 heterocycles. The summed E-state index contributed by atoms with van der Waals surface area (Å²) in [6.45, 7) is 3.67. The van der Waals surface area contributed by atoms with Gasteiger partial charge in [-0.2, -0.15) is 5.26 Å². The topological polar surface area (TPSA) is 134 Å². The van der Waals surface area contributed by atoms with Crippen molar-refractivity contribution in [1.82, 2.24) is 4.57 Å². The van der Waals surface area contributed by atoms with Crippen LogP contribution >= 0.6 is 31.9 Å². The molecule has 0 aliphatic heterocycles.